The van der Waals surface area contributed by atoms with Crippen LogP contribution in [-0.4, -0.2) is 15.9 Å². The molecular weight excluding hydrogens is 312 g/mol. The van der Waals surface area contributed by atoms with Gasteiger partial charge in [0.05, 0.1) is 5.69 Å². The van der Waals surface area contributed by atoms with E-state index < -0.39 is 5.91 Å². The van der Waals surface area contributed by atoms with E-state index in [1.54, 1.807) is 24.3 Å². The predicted molar refractivity (Wildman–Crippen MR) is 90.7 cm³/mol. The molecule has 3 N–H and O–H groups in total. The SMILES string of the molecule is NC(=O)c1ccc(Nc2cc(-c3ccccc3Cl)ncn2)cc1. The monoisotopic (exact) mass is 324 g/mol. The van der Waals surface area contributed by atoms with Gasteiger partial charge in [-0.15, -0.1) is 0 Å². The van der Waals surface area contributed by atoms with Crippen LogP contribution in [0.15, 0.2) is 60.9 Å². The second-order valence-corrected chi connectivity index (χ2v) is 5.24. The molecule has 0 aliphatic carbocycles. The van der Waals surface area contributed by atoms with Gasteiger partial charge in [0.15, 0.2) is 0 Å². The number of halogens is 1. The predicted octanol–water partition coefficient (Wildman–Crippen LogP) is 3.64. The molecule has 1 heterocycles. The number of rotatable bonds is 4. The molecule has 1 amide bonds. The molecule has 0 aliphatic heterocycles. The summed E-state index contributed by atoms with van der Waals surface area (Å²) in [5, 5.41) is 3.78. The average Bonchev–Trinajstić information content (AvgIpc) is 2.56. The summed E-state index contributed by atoms with van der Waals surface area (Å²) in [6.45, 7) is 0. The molecule has 0 radical (unpaired) electrons. The number of amides is 1. The van der Waals surface area contributed by atoms with Crippen molar-refractivity contribution in [3.8, 4) is 11.3 Å². The number of aromatic nitrogens is 2. The number of carbonyl (C=O) groups is 1. The molecule has 114 valence electrons. The Morgan fingerprint density at radius 2 is 1.78 bits per heavy atom. The van der Waals surface area contributed by atoms with Crippen LogP contribution in [-0.2, 0) is 0 Å². The zero-order chi connectivity index (χ0) is 16.2. The normalized spacial score (nSPS) is 10.3. The number of nitrogens with zero attached hydrogens (tertiary/aromatic N) is 2. The summed E-state index contributed by atoms with van der Waals surface area (Å²) in [5.74, 6) is 0.168. The zero-order valence-electron chi connectivity index (χ0n) is 12.0. The van der Waals surface area contributed by atoms with Crippen molar-refractivity contribution in [3.63, 3.8) is 0 Å². The first-order chi connectivity index (χ1) is 11.1. The van der Waals surface area contributed by atoms with Crippen molar-refractivity contribution in [2.24, 2.45) is 5.73 Å². The molecule has 0 bridgehead atoms. The van der Waals surface area contributed by atoms with E-state index in [9.17, 15) is 4.79 Å². The molecule has 0 spiro atoms. The van der Waals surface area contributed by atoms with Gasteiger partial charge in [-0.05, 0) is 30.3 Å². The summed E-state index contributed by atoms with van der Waals surface area (Å²) in [5.41, 5.74) is 8.03. The smallest absolute Gasteiger partial charge is 0.248 e. The summed E-state index contributed by atoms with van der Waals surface area (Å²) >= 11 is 6.19. The van der Waals surface area contributed by atoms with Gasteiger partial charge in [0.2, 0.25) is 5.91 Å². The fraction of sp³-hybridized carbons (Fsp3) is 0. The molecule has 2 aromatic carbocycles. The van der Waals surface area contributed by atoms with Crippen LogP contribution in [0.4, 0.5) is 11.5 Å². The van der Waals surface area contributed by atoms with Gasteiger partial charge in [-0.25, -0.2) is 9.97 Å². The van der Waals surface area contributed by atoms with E-state index in [1.165, 1.54) is 6.33 Å². The van der Waals surface area contributed by atoms with Crippen molar-refractivity contribution in [3.05, 3.63) is 71.5 Å². The largest absolute Gasteiger partial charge is 0.366 e. The molecule has 0 saturated carbocycles. The van der Waals surface area contributed by atoms with Gasteiger partial charge >= 0.3 is 0 Å². The highest BCUT2D eigenvalue weighted by molar-refractivity contribution is 6.33. The number of anilines is 2. The van der Waals surface area contributed by atoms with Crippen molar-refractivity contribution in [2.45, 2.75) is 0 Å². The minimum Gasteiger partial charge on any atom is -0.366 e. The lowest BCUT2D eigenvalue weighted by molar-refractivity contribution is 0.100. The molecule has 0 fully saturated rings. The average molecular weight is 325 g/mol. The summed E-state index contributed by atoms with van der Waals surface area (Å²) in [4.78, 5) is 19.5. The third-order valence-corrected chi connectivity index (χ3v) is 3.59. The number of hydrogen-bond donors (Lipinski definition) is 2. The number of hydrogen-bond acceptors (Lipinski definition) is 4. The Labute approximate surface area is 138 Å². The molecule has 0 saturated heterocycles. The first-order valence-electron chi connectivity index (χ1n) is 6.87. The van der Waals surface area contributed by atoms with Crippen LogP contribution >= 0.6 is 11.6 Å². The van der Waals surface area contributed by atoms with E-state index in [0.29, 0.717) is 16.4 Å². The van der Waals surface area contributed by atoms with E-state index in [-0.39, 0.29) is 0 Å². The van der Waals surface area contributed by atoms with E-state index in [2.05, 4.69) is 15.3 Å². The number of nitrogens with one attached hydrogen (secondary N) is 1. The Morgan fingerprint density at radius 1 is 1.04 bits per heavy atom. The molecule has 3 rings (SSSR count). The highest BCUT2D eigenvalue weighted by Gasteiger charge is 2.06. The Morgan fingerprint density at radius 3 is 2.48 bits per heavy atom. The summed E-state index contributed by atoms with van der Waals surface area (Å²) in [7, 11) is 0. The minimum atomic E-state index is -0.459. The molecule has 1 aromatic heterocycles. The first-order valence-corrected chi connectivity index (χ1v) is 7.25. The van der Waals surface area contributed by atoms with Crippen molar-refractivity contribution >= 4 is 29.0 Å². The number of carbonyl (C=O) groups excluding carboxylic acids is 1. The maximum Gasteiger partial charge on any atom is 0.248 e. The fourth-order valence-corrected chi connectivity index (χ4v) is 2.34. The number of nitrogens with two attached hydrogens (primary N) is 1. The van der Waals surface area contributed by atoms with Gasteiger partial charge in [-0.1, -0.05) is 29.8 Å². The molecule has 23 heavy (non-hydrogen) atoms. The van der Waals surface area contributed by atoms with Crippen LogP contribution in [0.25, 0.3) is 11.3 Å². The van der Waals surface area contributed by atoms with E-state index >= 15 is 0 Å². The molecule has 0 atom stereocenters. The zero-order valence-corrected chi connectivity index (χ0v) is 12.8. The van der Waals surface area contributed by atoms with Crippen molar-refractivity contribution in [1.29, 1.82) is 0 Å². The summed E-state index contributed by atoms with van der Waals surface area (Å²) < 4.78 is 0. The van der Waals surface area contributed by atoms with Crippen LogP contribution in [0.5, 0.6) is 0 Å². The van der Waals surface area contributed by atoms with Crippen molar-refractivity contribution in [1.82, 2.24) is 9.97 Å². The molecule has 3 aromatic rings. The van der Waals surface area contributed by atoms with Crippen LogP contribution in [0.1, 0.15) is 10.4 Å². The third kappa shape index (κ3) is 3.46. The lowest BCUT2D eigenvalue weighted by Crippen LogP contribution is -2.10. The van der Waals surface area contributed by atoms with Gasteiger partial charge < -0.3 is 11.1 Å². The highest BCUT2D eigenvalue weighted by Crippen LogP contribution is 2.27. The Balaban J connectivity index is 1.86. The lowest BCUT2D eigenvalue weighted by Gasteiger charge is -2.08. The number of benzene rings is 2. The minimum absolute atomic E-state index is 0.454. The van der Waals surface area contributed by atoms with Gasteiger partial charge in [0.1, 0.15) is 12.1 Å². The molecule has 0 aliphatic rings. The Hall–Kier alpha value is -2.92. The van der Waals surface area contributed by atoms with E-state index in [0.717, 1.165) is 16.9 Å². The standard InChI is InChI=1S/C17H13ClN4O/c18-14-4-2-1-3-13(14)15-9-16(21-10-20-15)22-12-7-5-11(6-8-12)17(19)23/h1-10H,(H2,19,23)(H,20,21,22). The first kappa shape index (κ1) is 15.0. The maximum absolute atomic E-state index is 11.1. The quantitative estimate of drug-likeness (QED) is 0.767. The maximum atomic E-state index is 11.1. The summed E-state index contributed by atoms with van der Waals surface area (Å²) in [6, 6.07) is 16.1. The van der Waals surface area contributed by atoms with Crippen LogP contribution in [0.2, 0.25) is 5.02 Å². The van der Waals surface area contributed by atoms with Gasteiger partial charge in [-0.3, -0.25) is 4.79 Å². The Bertz CT molecular complexity index is 849. The van der Waals surface area contributed by atoms with Crippen molar-refractivity contribution in [2.75, 3.05) is 5.32 Å². The number of primary amides is 1. The van der Waals surface area contributed by atoms with Gasteiger partial charge in [0, 0.05) is 27.9 Å². The molecular formula is C17H13ClN4O. The second-order valence-electron chi connectivity index (χ2n) is 4.83. The molecule has 5 nitrogen and oxygen atoms in total. The van der Waals surface area contributed by atoms with Crippen LogP contribution in [0, 0.1) is 0 Å². The van der Waals surface area contributed by atoms with E-state index in [4.69, 9.17) is 17.3 Å². The highest BCUT2D eigenvalue weighted by atomic mass is 35.5. The second kappa shape index (κ2) is 6.46. The molecule has 6 heteroatoms. The fourth-order valence-electron chi connectivity index (χ4n) is 2.11. The topological polar surface area (TPSA) is 80.9 Å². The third-order valence-electron chi connectivity index (χ3n) is 3.26. The summed E-state index contributed by atoms with van der Waals surface area (Å²) in [6.07, 6.45) is 1.47. The van der Waals surface area contributed by atoms with E-state index in [1.807, 2.05) is 30.3 Å². The van der Waals surface area contributed by atoms with Crippen molar-refractivity contribution < 1.29 is 4.79 Å². The van der Waals surface area contributed by atoms with Crippen LogP contribution < -0.4 is 11.1 Å². The molecule has 0 unspecified atom stereocenters. The van der Waals surface area contributed by atoms with Gasteiger partial charge in [0.25, 0.3) is 0 Å². The van der Waals surface area contributed by atoms with Gasteiger partial charge in [-0.2, -0.15) is 0 Å². The Kier molecular flexibility index (Phi) is 4.21. The van der Waals surface area contributed by atoms with Crippen LogP contribution in [0.3, 0.4) is 0 Å². The lowest BCUT2D eigenvalue weighted by atomic mass is 10.1.